The Balaban J connectivity index is 2.02. The Hall–Kier alpha value is -3.15. The van der Waals surface area contributed by atoms with Crippen LogP contribution in [-0.2, 0) is 9.53 Å². The summed E-state index contributed by atoms with van der Waals surface area (Å²) in [7, 11) is 0. The van der Waals surface area contributed by atoms with Gasteiger partial charge < -0.3 is 15.4 Å². The number of carbonyl (C=O) groups is 3. The molecule has 0 aliphatic carbocycles. The molecule has 0 unspecified atom stereocenters. The van der Waals surface area contributed by atoms with E-state index in [1.54, 1.807) is 67.6 Å². The second-order valence-electron chi connectivity index (χ2n) is 5.22. The van der Waals surface area contributed by atoms with Crippen LogP contribution in [0.1, 0.15) is 27.6 Å². The van der Waals surface area contributed by atoms with Crippen molar-refractivity contribution >= 4 is 17.8 Å². The number of amides is 2. The standard InChI is InChI=1S/C19H20N2O4/c1-2-25-19(24)16(21-18(23)15-11-7-4-8-12-15)13-20-17(22)14-9-5-3-6-10-14/h3-12,16H,2,13H2,1H3,(H,20,22)(H,21,23)/t16-/m0/s1. The summed E-state index contributed by atoms with van der Waals surface area (Å²) < 4.78 is 4.97. The van der Waals surface area contributed by atoms with E-state index in [2.05, 4.69) is 10.6 Å². The molecule has 0 fully saturated rings. The van der Waals surface area contributed by atoms with Gasteiger partial charge in [0.15, 0.2) is 0 Å². The molecule has 1 atom stereocenters. The van der Waals surface area contributed by atoms with Crippen molar-refractivity contribution in [2.75, 3.05) is 13.2 Å². The van der Waals surface area contributed by atoms with Crippen LogP contribution in [0.15, 0.2) is 60.7 Å². The molecule has 0 aromatic heterocycles. The maximum Gasteiger partial charge on any atom is 0.330 e. The molecule has 6 heteroatoms. The van der Waals surface area contributed by atoms with E-state index in [1.165, 1.54) is 0 Å². The fourth-order valence-corrected chi connectivity index (χ4v) is 2.15. The molecule has 0 heterocycles. The van der Waals surface area contributed by atoms with Crippen molar-refractivity contribution in [1.82, 2.24) is 10.6 Å². The number of benzene rings is 2. The first-order valence-electron chi connectivity index (χ1n) is 7.97. The minimum atomic E-state index is -0.972. The second-order valence-corrected chi connectivity index (χ2v) is 5.22. The van der Waals surface area contributed by atoms with Gasteiger partial charge in [0.25, 0.3) is 11.8 Å². The van der Waals surface area contributed by atoms with E-state index in [0.717, 1.165) is 0 Å². The van der Waals surface area contributed by atoms with Gasteiger partial charge in [-0.25, -0.2) is 4.79 Å². The van der Waals surface area contributed by atoms with Crippen LogP contribution in [0.5, 0.6) is 0 Å². The molecule has 2 rings (SSSR count). The van der Waals surface area contributed by atoms with Gasteiger partial charge in [-0.1, -0.05) is 36.4 Å². The van der Waals surface area contributed by atoms with Crippen LogP contribution in [0.25, 0.3) is 0 Å². The van der Waals surface area contributed by atoms with Crippen LogP contribution in [0.2, 0.25) is 0 Å². The number of carbonyl (C=O) groups excluding carboxylic acids is 3. The Kier molecular flexibility index (Phi) is 6.71. The SMILES string of the molecule is CCOC(=O)[C@H](CNC(=O)c1ccccc1)NC(=O)c1ccccc1. The summed E-state index contributed by atoms with van der Waals surface area (Å²) in [6.07, 6.45) is 0. The van der Waals surface area contributed by atoms with Gasteiger partial charge in [0.2, 0.25) is 0 Å². The van der Waals surface area contributed by atoms with Gasteiger partial charge in [-0.2, -0.15) is 0 Å². The molecule has 0 aliphatic heterocycles. The third-order valence-electron chi connectivity index (χ3n) is 3.42. The smallest absolute Gasteiger partial charge is 0.330 e. The second kappa shape index (κ2) is 9.22. The molecule has 0 radical (unpaired) electrons. The van der Waals surface area contributed by atoms with Crippen LogP contribution in [0.3, 0.4) is 0 Å². The molecule has 0 saturated heterocycles. The van der Waals surface area contributed by atoms with Crippen molar-refractivity contribution in [3.63, 3.8) is 0 Å². The molecule has 2 amide bonds. The van der Waals surface area contributed by atoms with Gasteiger partial charge in [-0.15, -0.1) is 0 Å². The predicted octanol–water partition coefficient (Wildman–Crippen LogP) is 1.78. The Morgan fingerprint density at radius 2 is 1.40 bits per heavy atom. The molecule has 2 aromatic carbocycles. The highest BCUT2D eigenvalue weighted by Crippen LogP contribution is 2.01. The zero-order valence-corrected chi connectivity index (χ0v) is 13.9. The highest BCUT2D eigenvalue weighted by atomic mass is 16.5. The first-order valence-corrected chi connectivity index (χ1v) is 7.97. The summed E-state index contributed by atoms with van der Waals surface area (Å²) in [4.78, 5) is 36.4. The fourth-order valence-electron chi connectivity index (χ4n) is 2.15. The quantitative estimate of drug-likeness (QED) is 0.753. The first-order chi connectivity index (χ1) is 12.1. The van der Waals surface area contributed by atoms with Crippen molar-refractivity contribution in [2.45, 2.75) is 13.0 Å². The van der Waals surface area contributed by atoms with Gasteiger partial charge >= 0.3 is 5.97 Å². The van der Waals surface area contributed by atoms with Crippen LogP contribution < -0.4 is 10.6 Å². The van der Waals surface area contributed by atoms with E-state index in [0.29, 0.717) is 11.1 Å². The monoisotopic (exact) mass is 340 g/mol. The van der Waals surface area contributed by atoms with Crippen LogP contribution >= 0.6 is 0 Å². The minimum absolute atomic E-state index is 0.0644. The number of hydrogen-bond donors (Lipinski definition) is 2. The molecule has 2 aromatic rings. The summed E-state index contributed by atoms with van der Waals surface area (Å²) in [6, 6.07) is 16.2. The van der Waals surface area contributed by atoms with E-state index in [1.807, 2.05) is 0 Å². The predicted molar refractivity (Wildman–Crippen MR) is 93.1 cm³/mol. The number of hydrogen-bond acceptors (Lipinski definition) is 4. The van der Waals surface area contributed by atoms with Crippen LogP contribution in [0.4, 0.5) is 0 Å². The number of nitrogens with one attached hydrogen (secondary N) is 2. The number of esters is 1. The lowest BCUT2D eigenvalue weighted by atomic mass is 10.2. The molecule has 0 bridgehead atoms. The van der Waals surface area contributed by atoms with Gasteiger partial charge in [-0.05, 0) is 31.2 Å². The molecule has 25 heavy (non-hydrogen) atoms. The summed E-state index contributed by atoms with van der Waals surface area (Å²) >= 11 is 0. The minimum Gasteiger partial charge on any atom is -0.464 e. The highest BCUT2D eigenvalue weighted by Gasteiger charge is 2.23. The van der Waals surface area contributed by atoms with Crippen LogP contribution in [0, 0.1) is 0 Å². The van der Waals surface area contributed by atoms with Crippen LogP contribution in [-0.4, -0.2) is 37.0 Å². The normalized spacial score (nSPS) is 11.2. The molecule has 0 saturated carbocycles. The van der Waals surface area contributed by atoms with E-state index in [-0.39, 0.29) is 19.1 Å². The molecule has 2 N–H and O–H groups in total. The highest BCUT2D eigenvalue weighted by molar-refractivity contribution is 5.97. The summed E-state index contributed by atoms with van der Waals surface area (Å²) in [6.45, 7) is 1.80. The van der Waals surface area contributed by atoms with E-state index >= 15 is 0 Å². The van der Waals surface area contributed by atoms with Crippen molar-refractivity contribution < 1.29 is 19.1 Å². The first kappa shape index (κ1) is 18.2. The molecular formula is C19H20N2O4. The molecule has 0 aliphatic rings. The third-order valence-corrected chi connectivity index (χ3v) is 3.42. The van der Waals surface area contributed by atoms with Crippen molar-refractivity contribution in [3.05, 3.63) is 71.8 Å². The molecule has 6 nitrogen and oxygen atoms in total. The number of rotatable bonds is 7. The van der Waals surface area contributed by atoms with Gasteiger partial charge in [0.05, 0.1) is 6.61 Å². The van der Waals surface area contributed by atoms with E-state index < -0.39 is 17.9 Å². The van der Waals surface area contributed by atoms with Gasteiger partial charge in [0.1, 0.15) is 6.04 Å². The molecule has 0 spiro atoms. The largest absolute Gasteiger partial charge is 0.464 e. The zero-order valence-electron chi connectivity index (χ0n) is 13.9. The van der Waals surface area contributed by atoms with E-state index in [4.69, 9.17) is 4.74 Å². The Bertz CT molecular complexity index is 717. The Morgan fingerprint density at radius 3 is 1.92 bits per heavy atom. The van der Waals surface area contributed by atoms with Crippen molar-refractivity contribution in [2.24, 2.45) is 0 Å². The Morgan fingerprint density at radius 1 is 0.880 bits per heavy atom. The van der Waals surface area contributed by atoms with Crippen molar-refractivity contribution in [1.29, 1.82) is 0 Å². The Labute approximate surface area is 146 Å². The average Bonchev–Trinajstić information content (AvgIpc) is 2.66. The topological polar surface area (TPSA) is 84.5 Å². The zero-order chi connectivity index (χ0) is 18.1. The third kappa shape index (κ3) is 5.46. The van der Waals surface area contributed by atoms with Gasteiger partial charge in [0, 0.05) is 17.7 Å². The summed E-state index contributed by atoms with van der Waals surface area (Å²) in [5.41, 5.74) is 0.894. The lowest BCUT2D eigenvalue weighted by molar-refractivity contribution is -0.145. The fraction of sp³-hybridized carbons (Fsp3) is 0.211. The van der Waals surface area contributed by atoms with E-state index in [9.17, 15) is 14.4 Å². The molecular weight excluding hydrogens is 320 g/mol. The van der Waals surface area contributed by atoms with Crippen molar-refractivity contribution in [3.8, 4) is 0 Å². The summed E-state index contributed by atoms with van der Waals surface area (Å²) in [5, 5.41) is 5.24. The average molecular weight is 340 g/mol. The maximum atomic E-state index is 12.2. The lowest BCUT2D eigenvalue weighted by Crippen LogP contribution is -2.49. The summed E-state index contributed by atoms with van der Waals surface area (Å²) in [5.74, 6) is -1.34. The molecule has 130 valence electrons. The maximum absolute atomic E-state index is 12.2. The lowest BCUT2D eigenvalue weighted by Gasteiger charge is -2.18. The number of ether oxygens (including phenoxy) is 1. The van der Waals surface area contributed by atoms with Gasteiger partial charge in [-0.3, -0.25) is 9.59 Å².